The van der Waals surface area contributed by atoms with Crippen LogP contribution in [0.25, 0.3) is 0 Å². The molecular formula is C24H34N4O3. The maximum atomic E-state index is 13.6. The van der Waals surface area contributed by atoms with Crippen molar-refractivity contribution in [3.63, 3.8) is 0 Å². The predicted octanol–water partition coefficient (Wildman–Crippen LogP) is 2.94. The van der Waals surface area contributed by atoms with Crippen LogP contribution in [0.2, 0.25) is 0 Å². The number of carbonyl (C=O) groups is 1. The van der Waals surface area contributed by atoms with E-state index in [2.05, 4.69) is 41.6 Å². The highest BCUT2D eigenvalue weighted by Gasteiger charge is 2.57. The summed E-state index contributed by atoms with van der Waals surface area (Å²) >= 11 is 0. The molecule has 2 aliphatic heterocycles. The van der Waals surface area contributed by atoms with Gasteiger partial charge in [0.2, 0.25) is 5.91 Å². The summed E-state index contributed by atoms with van der Waals surface area (Å²) in [6.45, 7) is 8.74. The van der Waals surface area contributed by atoms with Crippen molar-refractivity contribution >= 4 is 5.91 Å². The molecule has 0 N–H and O–H groups in total. The van der Waals surface area contributed by atoms with Gasteiger partial charge in [0.1, 0.15) is 5.75 Å². The zero-order valence-corrected chi connectivity index (χ0v) is 19.1. The van der Waals surface area contributed by atoms with Gasteiger partial charge in [0.15, 0.2) is 0 Å². The van der Waals surface area contributed by atoms with Crippen LogP contribution in [0.15, 0.2) is 36.8 Å². The lowest BCUT2D eigenvalue weighted by molar-refractivity contribution is -0.136. The fourth-order valence-electron chi connectivity index (χ4n) is 5.05. The second kappa shape index (κ2) is 9.01. The summed E-state index contributed by atoms with van der Waals surface area (Å²) in [7, 11) is 3.37. The number of carbonyl (C=O) groups excluding carboxylic acids is 1. The molecule has 1 spiro atoms. The highest BCUT2D eigenvalue weighted by atomic mass is 16.5. The fraction of sp³-hybridized carbons (Fsp3) is 0.583. The molecule has 0 saturated carbocycles. The van der Waals surface area contributed by atoms with Crippen LogP contribution >= 0.6 is 0 Å². The summed E-state index contributed by atoms with van der Waals surface area (Å²) in [4.78, 5) is 22.8. The number of rotatable bonds is 8. The standard InChI is InChI=1S/C24H34N4O3/c1-18(2)28-15-22(25-17-28)21-14-26(13-19-5-7-20(31-4)8-6-19)16-24(21)9-10-27(23(24)29)11-12-30-3/h5-8,15,17-18,21H,9-14,16H2,1-4H3/t21-,24+/m1/s1. The van der Waals surface area contributed by atoms with Crippen molar-refractivity contribution in [3.05, 3.63) is 48.0 Å². The molecule has 2 aromatic rings. The van der Waals surface area contributed by atoms with E-state index in [-0.39, 0.29) is 11.8 Å². The first-order valence-corrected chi connectivity index (χ1v) is 11.1. The molecule has 2 atom stereocenters. The van der Waals surface area contributed by atoms with E-state index < -0.39 is 5.41 Å². The van der Waals surface area contributed by atoms with E-state index in [1.165, 1.54) is 5.56 Å². The van der Waals surface area contributed by atoms with Crippen LogP contribution in [0.3, 0.4) is 0 Å². The highest BCUT2D eigenvalue weighted by molar-refractivity contribution is 5.86. The minimum atomic E-state index is -0.406. The average molecular weight is 427 g/mol. The average Bonchev–Trinajstić information content (AvgIpc) is 3.47. The monoisotopic (exact) mass is 426 g/mol. The van der Waals surface area contributed by atoms with Crippen LogP contribution in [0, 0.1) is 5.41 Å². The van der Waals surface area contributed by atoms with E-state index in [9.17, 15) is 4.79 Å². The smallest absolute Gasteiger partial charge is 0.230 e. The molecule has 2 fully saturated rings. The van der Waals surface area contributed by atoms with Crippen molar-refractivity contribution in [1.82, 2.24) is 19.4 Å². The molecule has 3 heterocycles. The first-order valence-electron chi connectivity index (χ1n) is 11.1. The summed E-state index contributed by atoms with van der Waals surface area (Å²) in [5.41, 5.74) is 1.86. The Morgan fingerprint density at radius 3 is 2.65 bits per heavy atom. The third kappa shape index (κ3) is 4.21. The van der Waals surface area contributed by atoms with Crippen molar-refractivity contribution in [1.29, 1.82) is 0 Å². The van der Waals surface area contributed by atoms with Crippen molar-refractivity contribution in [2.45, 2.75) is 38.8 Å². The fourth-order valence-corrected chi connectivity index (χ4v) is 5.05. The van der Waals surface area contributed by atoms with Gasteiger partial charge in [0.25, 0.3) is 0 Å². The number of nitrogens with zero attached hydrogens (tertiary/aromatic N) is 4. The molecule has 7 heteroatoms. The molecule has 1 amide bonds. The highest BCUT2D eigenvalue weighted by Crippen LogP contribution is 2.49. The number of imidazole rings is 1. The molecular weight excluding hydrogens is 392 g/mol. The van der Waals surface area contributed by atoms with Gasteiger partial charge in [-0.1, -0.05) is 12.1 Å². The van der Waals surface area contributed by atoms with Gasteiger partial charge >= 0.3 is 0 Å². The van der Waals surface area contributed by atoms with Crippen LogP contribution < -0.4 is 4.74 Å². The number of aromatic nitrogens is 2. The van der Waals surface area contributed by atoms with E-state index in [0.29, 0.717) is 19.2 Å². The van der Waals surface area contributed by atoms with Crippen molar-refractivity contribution in [2.24, 2.45) is 5.41 Å². The SMILES string of the molecule is COCCN1CC[C@@]2(CN(Cc3ccc(OC)cc3)C[C@@H]2c2cn(C(C)C)cn2)C1=O. The molecule has 0 unspecified atom stereocenters. The number of methoxy groups -OCH3 is 2. The maximum absolute atomic E-state index is 13.6. The van der Waals surface area contributed by atoms with Gasteiger partial charge in [-0.2, -0.15) is 0 Å². The summed E-state index contributed by atoms with van der Waals surface area (Å²) in [5, 5.41) is 0. The van der Waals surface area contributed by atoms with Gasteiger partial charge in [-0.05, 0) is 38.0 Å². The number of ether oxygens (including phenoxy) is 2. The molecule has 168 valence electrons. The topological polar surface area (TPSA) is 59.8 Å². The molecule has 4 rings (SSSR count). The van der Waals surface area contributed by atoms with Crippen LogP contribution in [-0.2, 0) is 16.1 Å². The lowest BCUT2D eigenvalue weighted by Crippen LogP contribution is -2.40. The summed E-state index contributed by atoms with van der Waals surface area (Å²) in [5.74, 6) is 1.22. The van der Waals surface area contributed by atoms with E-state index in [1.54, 1.807) is 14.2 Å². The van der Waals surface area contributed by atoms with Crippen LogP contribution in [0.1, 0.15) is 43.5 Å². The van der Waals surface area contributed by atoms with Crippen LogP contribution in [0.5, 0.6) is 5.75 Å². The first kappa shape index (κ1) is 21.8. The normalized spacial score (nSPS) is 24.1. The zero-order valence-electron chi connectivity index (χ0n) is 19.1. The minimum Gasteiger partial charge on any atom is -0.497 e. The molecule has 0 radical (unpaired) electrons. The Bertz CT molecular complexity index is 894. The molecule has 7 nitrogen and oxygen atoms in total. The number of hydrogen-bond acceptors (Lipinski definition) is 5. The Kier molecular flexibility index (Phi) is 6.34. The number of likely N-dealkylation sites (tertiary alicyclic amines) is 2. The van der Waals surface area contributed by atoms with Gasteiger partial charge in [-0.15, -0.1) is 0 Å². The van der Waals surface area contributed by atoms with Gasteiger partial charge in [-0.3, -0.25) is 9.69 Å². The van der Waals surface area contributed by atoms with Crippen LogP contribution in [0.4, 0.5) is 0 Å². The Balaban J connectivity index is 1.59. The third-order valence-corrected chi connectivity index (χ3v) is 6.86. The third-order valence-electron chi connectivity index (χ3n) is 6.86. The summed E-state index contributed by atoms with van der Waals surface area (Å²) in [6, 6.07) is 8.56. The Labute approximate surface area is 184 Å². The Hall–Kier alpha value is -2.38. The van der Waals surface area contributed by atoms with Gasteiger partial charge in [0, 0.05) is 58.0 Å². The molecule has 1 aromatic carbocycles. The van der Waals surface area contributed by atoms with Crippen molar-refractivity contribution in [3.8, 4) is 5.75 Å². The molecule has 0 aliphatic carbocycles. The first-order chi connectivity index (χ1) is 15.0. The summed E-state index contributed by atoms with van der Waals surface area (Å²) < 4.78 is 12.7. The van der Waals surface area contributed by atoms with E-state index >= 15 is 0 Å². The van der Waals surface area contributed by atoms with E-state index in [1.807, 2.05) is 23.4 Å². The minimum absolute atomic E-state index is 0.103. The zero-order chi connectivity index (χ0) is 22.0. The Morgan fingerprint density at radius 2 is 2.00 bits per heavy atom. The van der Waals surface area contributed by atoms with E-state index in [0.717, 1.165) is 44.0 Å². The van der Waals surface area contributed by atoms with E-state index in [4.69, 9.17) is 14.5 Å². The predicted molar refractivity (Wildman–Crippen MR) is 119 cm³/mol. The molecule has 31 heavy (non-hydrogen) atoms. The number of amides is 1. The van der Waals surface area contributed by atoms with Gasteiger partial charge < -0.3 is 18.9 Å². The molecule has 1 aromatic heterocycles. The summed E-state index contributed by atoms with van der Waals surface area (Å²) in [6.07, 6.45) is 4.91. The lowest BCUT2D eigenvalue weighted by atomic mass is 9.75. The molecule has 0 bridgehead atoms. The van der Waals surface area contributed by atoms with Crippen molar-refractivity contribution in [2.75, 3.05) is 47.0 Å². The van der Waals surface area contributed by atoms with Crippen molar-refractivity contribution < 1.29 is 14.3 Å². The number of benzene rings is 1. The molecule has 2 saturated heterocycles. The lowest BCUT2D eigenvalue weighted by Gasteiger charge is -2.28. The van der Waals surface area contributed by atoms with Gasteiger partial charge in [-0.25, -0.2) is 4.98 Å². The van der Waals surface area contributed by atoms with Crippen LogP contribution in [-0.4, -0.2) is 72.3 Å². The second-order valence-electron chi connectivity index (χ2n) is 9.10. The van der Waals surface area contributed by atoms with Gasteiger partial charge in [0.05, 0.1) is 31.2 Å². The Morgan fingerprint density at radius 1 is 1.23 bits per heavy atom. The molecule has 2 aliphatic rings. The second-order valence-corrected chi connectivity index (χ2v) is 9.10. The quantitative estimate of drug-likeness (QED) is 0.650. The maximum Gasteiger partial charge on any atom is 0.230 e. The number of hydrogen-bond donors (Lipinski definition) is 0. The largest absolute Gasteiger partial charge is 0.497 e.